The number of hydrogen-bond donors (Lipinski definition) is 2. The Balaban J connectivity index is 2.84. The van der Waals surface area contributed by atoms with Crippen LogP contribution in [-0.4, -0.2) is 38.2 Å². The Hall–Kier alpha value is -1.50. The van der Waals surface area contributed by atoms with Gasteiger partial charge in [-0.1, -0.05) is 18.1 Å². The number of rotatable bonds is 6. The van der Waals surface area contributed by atoms with Gasteiger partial charge < -0.3 is 24.3 Å². The first kappa shape index (κ1) is 13.6. The first-order valence-corrected chi connectivity index (χ1v) is 5.01. The molecule has 92 valence electrons. The fraction of sp³-hybridized carbons (Fsp3) is 0.273. The minimum absolute atomic E-state index is 0.140. The Morgan fingerprint density at radius 3 is 2.59 bits per heavy atom. The van der Waals surface area contributed by atoms with Gasteiger partial charge in [-0.3, -0.25) is 0 Å². The van der Waals surface area contributed by atoms with E-state index in [1.807, 2.05) is 0 Å². The molecular weight excluding hydrogens is 223 g/mol. The summed E-state index contributed by atoms with van der Waals surface area (Å²) in [6.07, 6.45) is 1.58. The molecule has 2 N–H and O–H groups in total. The van der Waals surface area contributed by atoms with Crippen LogP contribution < -0.4 is 9.47 Å². The minimum Gasteiger partial charge on any atom is -0.493 e. The second-order valence-electron chi connectivity index (χ2n) is 3.23. The third-order valence-corrected chi connectivity index (χ3v) is 1.98. The van der Waals surface area contributed by atoms with Gasteiger partial charge in [-0.25, -0.2) is 0 Å². The molecule has 0 saturated carbocycles. The molecule has 0 bridgehead atoms. The Bertz CT molecular complexity index is 378. The van der Waals surface area contributed by atoms with Crippen LogP contribution in [0.1, 0.15) is 5.56 Å². The number of benzene rings is 1. The summed E-state index contributed by atoms with van der Waals surface area (Å²) in [4.78, 5) is 0. The largest absolute Gasteiger partial charge is 0.493 e. The van der Waals surface area contributed by atoms with Crippen molar-refractivity contribution in [2.45, 2.75) is 0 Å². The molecule has 6 heteroatoms. The van der Waals surface area contributed by atoms with Gasteiger partial charge in [0, 0.05) is 7.11 Å². The molecule has 0 radical (unpaired) electrons. The molecule has 17 heavy (non-hydrogen) atoms. The van der Waals surface area contributed by atoms with E-state index in [4.69, 9.17) is 24.3 Å². The zero-order valence-corrected chi connectivity index (χ0v) is 9.79. The van der Waals surface area contributed by atoms with E-state index in [0.717, 1.165) is 5.56 Å². The van der Waals surface area contributed by atoms with E-state index < -0.39 is 7.12 Å². The number of methoxy groups -OCH3 is 2. The van der Waals surface area contributed by atoms with E-state index >= 15 is 0 Å². The molecule has 0 spiro atoms. The second-order valence-corrected chi connectivity index (χ2v) is 3.23. The van der Waals surface area contributed by atoms with Crippen molar-refractivity contribution in [3.8, 4) is 11.5 Å². The topological polar surface area (TPSA) is 68.2 Å². The summed E-state index contributed by atoms with van der Waals surface area (Å²) >= 11 is 0. The third-order valence-electron chi connectivity index (χ3n) is 1.98. The normalized spacial score (nSPS) is 10.6. The molecule has 0 atom stereocenters. The standard InChI is InChI=1S/C11H15BO5/c1-15-8-17-10-4-3-9(5-6-12(13)14)7-11(10)16-2/h3-7,13-14H,8H2,1-2H3. The second kappa shape index (κ2) is 6.95. The molecule has 0 aliphatic carbocycles. The van der Waals surface area contributed by atoms with Crippen LogP contribution in [0.3, 0.4) is 0 Å². The lowest BCUT2D eigenvalue weighted by atomic mass is 9.91. The van der Waals surface area contributed by atoms with Crippen molar-refractivity contribution in [2.75, 3.05) is 21.0 Å². The lowest BCUT2D eigenvalue weighted by Crippen LogP contribution is -2.05. The van der Waals surface area contributed by atoms with Crippen molar-refractivity contribution in [1.82, 2.24) is 0 Å². The molecule has 1 aromatic carbocycles. The SMILES string of the molecule is COCOc1ccc(C=CB(O)O)cc1OC. The smallest absolute Gasteiger partial charge is 0.480 e. The van der Waals surface area contributed by atoms with E-state index in [-0.39, 0.29) is 6.79 Å². The van der Waals surface area contributed by atoms with Crippen molar-refractivity contribution in [2.24, 2.45) is 0 Å². The van der Waals surface area contributed by atoms with Crippen LogP contribution in [0, 0.1) is 0 Å². The zero-order valence-electron chi connectivity index (χ0n) is 9.79. The highest BCUT2D eigenvalue weighted by Gasteiger charge is 2.05. The maximum atomic E-state index is 8.71. The summed E-state index contributed by atoms with van der Waals surface area (Å²) in [6.45, 7) is 0.140. The molecule has 0 saturated heterocycles. The van der Waals surface area contributed by atoms with Gasteiger partial charge in [0.15, 0.2) is 18.3 Å². The summed E-state index contributed by atoms with van der Waals surface area (Å²) in [5, 5.41) is 17.4. The van der Waals surface area contributed by atoms with E-state index in [2.05, 4.69) is 0 Å². The highest BCUT2D eigenvalue weighted by atomic mass is 16.7. The quantitative estimate of drug-likeness (QED) is 0.564. The van der Waals surface area contributed by atoms with Gasteiger partial charge in [0.2, 0.25) is 0 Å². The lowest BCUT2D eigenvalue weighted by molar-refractivity contribution is 0.0491. The summed E-state index contributed by atoms with van der Waals surface area (Å²) in [6, 6.07) is 5.22. The van der Waals surface area contributed by atoms with E-state index in [9.17, 15) is 0 Å². The lowest BCUT2D eigenvalue weighted by Gasteiger charge is -2.10. The molecule has 0 aromatic heterocycles. The van der Waals surface area contributed by atoms with Gasteiger partial charge in [0.1, 0.15) is 0 Å². The van der Waals surface area contributed by atoms with Crippen molar-refractivity contribution >= 4 is 13.2 Å². The predicted molar refractivity (Wildman–Crippen MR) is 64.7 cm³/mol. The summed E-state index contributed by atoms with van der Waals surface area (Å²) in [5.41, 5.74) is 0.778. The fourth-order valence-electron chi connectivity index (χ4n) is 1.23. The molecule has 0 aliphatic rings. The third kappa shape index (κ3) is 4.48. The molecule has 0 fully saturated rings. The fourth-order valence-corrected chi connectivity index (χ4v) is 1.23. The predicted octanol–water partition coefficient (Wildman–Crippen LogP) is 0.703. The van der Waals surface area contributed by atoms with Crippen LogP contribution in [0.4, 0.5) is 0 Å². The van der Waals surface area contributed by atoms with Crippen LogP contribution in [0.25, 0.3) is 6.08 Å². The Labute approximate surface area is 100 Å². The number of hydrogen-bond acceptors (Lipinski definition) is 5. The Morgan fingerprint density at radius 2 is 2.00 bits per heavy atom. The Morgan fingerprint density at radius 1 is 1.24 bits per heavy atom. The number of ether oxygens (including phenoxy) is 3. The van der Waals surface area contributed by atoms with Gasteiger partial charge in [0.25, 0.3) is 0 Å². The van der Waals surface area contributed by atoms with Crippen molar-refractivity contribution in [3.63, 3.8) is 0 Å². The first-order chi connectivity index (χ1) is 8.17. The molecule has 5 nitrogen and oxygen atoms in total. The molecule has 0 amide bonds. The van der Waals surface area contributed by atoms with E-state index in [1.165, 1.54) is 20.2 Å². The van der Waals surface area contributed by atoms with Crippen molar-refractivity contribution in [3.05, 3.63) is 29.7 Å². The highest BCUT2D eigenvalue weighted by molar-refractivity contribution is 6.48. The molecule has 0 aliphatic heterocycles. The first-order valence-electron chi connectivity index (χ1n) is 5.01. The van der Waals surface area contributed by atoms with Crippen LogP contribution in [0.5, 0.6) is 11.5 Å². The summed E-state index contributed by atoms with van der Waals surface area (Å²) in [5.74, 6) is 2.37. The maximum Gasteiger partial charge on any atom is 0.480 e. The highest BCUT2D eigenvalue weighted by Crippen LogP contribution is 2.28. The van der Waals surface area contributed by atoms with Gasteiger partial charge in [-0.2, -0.15) is 0 Å². The molecular formula is C11H15BO5. The molecule has 0 unspecified atom stereocenters. The van der Waals surface area contributed by atoms with Gasteiger partial charge >= 0.3 is 7.12 Å². The maximum absolute atomic E-state index is 8.71. The average molecular weight is 238 g/mol. The Kier molecular flexibility index (Phi) is 5.55. The van der Waals surface area contributed by atoms with Crippen LogP contribution in [-0.2, 0) is 4.74 Å². The molecule has 1 aromatic rings. The van der Waals surface area contributed by atoms with Crippen LogP contribution >= 0.6 is 0 Å². The van der Waals surface area contributed by atoms with Gasteiger partial charge in [-0.15, -0.1) is 0 Å². The van der Waals surface area contributed by atoms with Gasteiger partial charge in [-0.05, 0) is 17.7 Å². The van der Waals surface area contributed by atoms with E-state index in [1.54, 1.807) is 24.3 Å². The van der Waals surface area contributed by atoms with Crippen molar-refractivity contribution < 1.29 is 24.3 Å². The van der Waals surface area contributed by atoms with E-state index in [0.29, 0.717) is 11.5 Å². The monoisotopic (exact) mass is 238 g/mol. The van der Waals surface area contributed by atoms with Crippen molar-refractivity contribution in [1.29, 1.82) is 0 Å². The average Bonchev–Trinajstić information content (AvgIpc) is 2.34. The molecule has 1 rings (SSSR count). The van der Waals surface area contributed by atoms with Gasteiger partial charge in [0.05, 0.1) is 7.11 Å². The van der Waals surface area contributed by atoms with Crippen LogP contribution in [0.15, 0.2) is 24.2 Å². The minimum atomic E-state index is -1.47. The van der Waals surface area contributed by atoms with Crippen LogP contribution in [0.2, 0.25) is 0 Å². The zero-order chi connectivity index (χ0) is 12.7. The molecule has 0 heterocycles. The summed E-state index contributed by atoms with van der Waals surface area (Å²) in [7, 11) is 1.60. The summed E-state index contributed by atoms with van der Waals surface area (Å²) < 4.78 is 15.2.